The maximum Gasteiger partial charge on any atom is 0.164 e. The van der Waals surface area contributed by atoms with E-state index in [1.54, 1.807) is 18.2 Å². The molecular formula is C12H15ClO2. The molecule has 0 aliphatic rings. The van der Waals surface area contributed by atoms with E-state index in [1.807, 2.05) is 13.8 Å². The molecule has 0 saturated heterocycles. The first-order valence-electron chi connectivity index (χ1n) is 4.98. The minimum atomic E-state index is 0.0203. The van der Waals surface area contributed by atoms with Gasteiger partial charge in [0.2, 0.25) is 0 Å². The molecule has 15 heavy (non-hydrogen) atoms. The van der Waals surface area contributed by atoms with E-state index < -0.39 is 0 Å². The number of phenolic OH excluding ortho intramolecular Hbond substituents is 1. The number of aromatic hydroxyl groups is 1. The van der Waals surface area contributed by atoms with Gasteiger partial charge in [-0.3, -0.25) is 4.79 Å². The smallest absolute Gasteiger partial charge is 0.164 e. The molecule has 2 nitrogen and oxygen atoms in total. The first-order chi connectivity index (χ1) is 7.06. The molecule has 0 aliphatic carbocycles. The number of ketones is 1. The Bertz CT molecular complexity index is 359. The summed E-state index contributed by atoms with van der Waals surface area (Å²) in [6.07, 6.45) is 0.337. The minimum Gasteiger partial charge on any atom is -0.508 e. The summed E-state index contributed by atoms with van der Waals surface area (Å²) in [5.74, 6) is 0.796. The molecule has 0 unspecified atom stereocenters. The van der Waals surface area contributed by atoms with Gasteiger partial charge >= 0.3 is 0 Å². The van der Waals surface area contributed by atoms with Crippen molar-refractivity contribution in [3.63, 3.8) is 0 Å². The Labute approximate surface area is 94.9 Å². The SMILES string of the molecule is CC(C)c1cc(C(=O)CCCl)ccc1O. The summed E-state index contributed by atoms with van der Waals surface area (Å²) >= 11 is 5.51. The van der Waals surface area contributed by atoms with E-state index in [0.29, 0.717) is 17.9 Å². The summed E-state index contributed by atoms with van der Waals surface area (Å²) in [5, 5.41) is 9.58. The van der Waals surface area contributed by atoms with Crippen LogP contribution in [0.1, 0.15) is 42.1 Å². The van der Waals surface area contributed by atoms with Gasteiger partial charge in [-0.25, -0.2) is 0 Å². The van der Waals surface area contributed by atoms with Gasteiger partial charge in [0.25, 0.3) is 0 Å². The third-order valence-electron chi connectivity index (χ3n) is 2.29. The Morgan fingerprint density at radius 3 is 2.67 bits per heavy atom. The summed E-state index contributed by atoms with van der Waals surface area (Å²) in [6, 6.07) is 4.95. The Morgan fingerprint density at radius 1 is 1.47 bits per heavy atom. The number of halogens is 1. The molecule has 1 rings (SSSR count). The van der Waals surface area contributed by atoms with Crippen LogP contribution in [-0.2, 0) is 0 Å². The fourth-order valence-corrected chi connectivity index (χ4v) is 1.59. The predicted molar refractivity (Wildman–Crippen MR) is 61.9 cm³/mol. The van der Waals surface area contributed by atoms with Crippen LogP contribution in [0.25, 0.3) is 0 Å². The molecule has 0 amide bonds. The molecular weight excluding hydrogens is 212 g/mol. The number of Topliss-reactive ketones (excluding diaryl/α,β-unsaturated/α-hetero) is 1. The molecule has 0 saturated carbocycles. The lowest BCUT2D eigenvalue weighted by atomic mass is 9.97. The highest BCUT2D eigenvalue weighted by Gasteiger charge is 2.10. The molecule has 82 valence electrons. The standard InChI is InChI=1S/C12H15ClO2/c1-8(2)10-7-9(3-4-12(10)15)11(14)5-6-13/h3-4,7-8,15H,5-6H2,1-2H3. The number of alkyl halides is 1. The van der Waals surface area contributed by atoms with E-state index in [1.165, 1.54) is 0 Å². The Morgan fingerprint density at radius 2 is 2.13 bits per heavy atom. The van der Waals surface area contributed by atoms with Gasteiger partial charge in [-0.2, -0.15) is 0 Å². The Kier molecular flexibility index (Phi) is 4.15. The molecule has 0 spiro atoms. The number of rotatable bonds is 4. The van der Waals surface area contributed by atoms with Gasteiger partial charge < -0.3 is 5.11 Å². The molecule has 1 N–H and O–H groups in total. The topological polar surface area (TPSA) is 37.3 Å². The first-order valence-corrected chi connectivity index (χ1v) is 5.51. The van der Waals surface area contributed by atoms with Gasteiger partial charge in [0.05, 0.1) is 0 Å². The van der Waals surface area contributed by atoms with Crippen LogP contribution in [0, 0.1) is 0 Å². The van der Waals surface area contributed by atoms with E-state index in [0.717, 1.165) is 5.56 Å². The highest BCUT2D eigenvalue weighted by molar-refractivity contribution is 6.19. The normalized spacial score (nSPS) is 10.7. The fraction of sp³-hybridized carbons (Fsp3) is 0.417. The van der Waals surface area contributed by atoms with Crippen molar-refractivity contribution in [1.29, 1.82) is 0 Å². The zero-order valence-corrected chi connectivity index (χ0v) is 9.71. The molecule has 0 aliphatic heterocycles. The van der Waals surface area contributed by atoms with Crippen molar-refractivity contribution in [3.05, 3.63) is 29.3 Å². The maximum absolute atomic E-state index is 11.6. The van der Waals surface area contributed by atoms with Crippen molar-refractivity contribution in [1.82, 2.24) is 0 Å². The van der Waals surface area contributed by atoms with Gasteiger partial charge in [-0.1, -0.05) is 13.8 Å². The predicted octanol–water partition coefficient (Wildman–Crippen LogP) is 3.33. The lowest BCUT2D eigenvalue weighted by Gasteiger charge is -2.09. The highest BCUT2D eigenvalue weighted by Crippen LogP contribution is 2.26. The first kappa shape index (κ1) is 12.1. The lowest BCUT2D eigenvalue weighted by Crippen LogP contribution is -2.01. The number of carbonyl (C=O) groups excluding carboxylic acids is 1. The Hall–Kier alpha value is -1.02. The molecule has 0 aromatic heterocycles. The lowest BCUT2D eigenvalue weighted by molar-refractivity contribution is 0.0989. The molecule has 0 fully saturated rings. The molecule has 3 heteroatoms. The van der Waals surface area contributed by atoms with Crippen LogP contribution >= 0.6 is 11.6 Å². The molecule has 0 atom stereocenters. The van der Waals surface area contributed by atoms with Crippen LogP contribution < -0.4 is 0 Å². The zero-order chi connectivity index (χ0) is 11.4. The third-order valence-corrected chi connectivity index (χ3v) is 2.48. The fourth-order valence-electron chi connectivity index (χ4n) is 1.42. The largest absolute Gasteiger partial charge is 0.508 e. The van der Waals surface area contributed by atoms with Crippen LogP contribution in [0.5, 0.6) is 5.75 Å². The monoisotopic (exact) mass is 226 g/mol. The third kappa shape index (κ3) is 2.96. The van der Waals surface area contributed by atoms with Crippen LogP contribution in [0.15, 0.2) is 18.2 Å². The van der Waals surface area contributed by atoms with E-state index in [2.05, 4.69) is 0 Å². The van der Waals surface area contributed by atoms with Gasteiger partial charge in [-0.15, -0.1) is 11.6 Å². The minimum absolute atomic E-state index is 0.0203. The van der Waals surface area contributed by atoms with Gasteiger partial charge in [0.1, 0.15) is 5.75 Å². The van der Waals surface area contributed by atoms with E-state index in [-0.39, 0.29) is 17.5 Å². The number of carbonyl (C=O) groups is 1. The number of phenols is 1. The number of hydrogen-bond donors (Lipinski definition) is 1. The van der Waals surface area contributed by atoms with Crippen molar-refractivity contribution >= 4 is 17.4 Å². The van der Waals surface area contributed by atoms with Crippen molar-refractivity contribution < 1.29 is 9.90 Å². The number of hydrogen-bond acceptors (Lipinski definition) is 2. The van der Waals surface area contributed by atoms with E-state index >= 15 is 0 Å². The van der Waals surface area contributed by atoms with Gasteiger partial charge in [0.15, 0.2) is 5.78 Å². The average Bonchev–Trinajstić information content (AvgIpc) is 2.18. The molecule has 0 bridgehead atoms. The van der Waals surface area contributed by atoms with Crippen molar-refractivity contribution in [3.8, 4) is 5.75 Å². The van der Waals surface area contributed by atoms with Crippen LogP contribution in [0.3, 0.4) is 0 Å². The second-order valence-corrected chi connectivity index (χ2v) is 4.17. The second kappa shape index (κ2) is 5.17. The average molecular weight is 227 g/mol. The van der Waals surface area contributed by atoms with Crippen LogP contribution in [0.4, 0.5) is 0 Å². The van der Waals surface area contributed by atoms with E-state index in [4.69, 9.17) is 11.6 Å². The summed E-state index contributed by atoms with van der Waals surface area (Å²) in [7, 11) is 0. The van der Waals surface area contributed by atoms with E-state index in [9.17, 15) is 9.90 Å². The van der Waals surface area contributed by atoms with Crippen molar-refractivity contribution in [2.24, 2.45) is 0 Å². The second-order valence-electron chi connectivity index (χ2n) is 3.79. The molecule has 1 aromatic carbocycles. The molecule has 0 heterocycles. The highest BCUT2D eigenvalue weighted by atomic mass is 35.5. The van der Waals surface area contributed by atoms with Gasteiger partial charge in [-0.05, 0) is 29.7 Å². The van der Waals surface area contributed by atoms with Crippen molar-refractivity contribution in [2.75, 3.05) is 5.88 Å². The molecule has 0 radical (unpaired) electrons. The zero-order valence-electron chi connectivity index (χ0n) is 8.96. The molecule has 1 aromatic rings. The number of benzene rings is 1. The Balaban J connectivity index is 3.02. The summed E-state index contributed by atoms with van der Waals surface area (Å²) in [4.78, 5) is 11.6. The van der Waals surface area contributed by atoms with Gasteiger partial charge in [0, 0.05) is 17.9 Å². The van der Waals surface area contributed by atoms with Crippen molar-refractivity contribution in [2.45, 2.75) is 26.2 Å². The van der Waals surface area contributed by atoms with Crippen LogP contribution in [-0.4, -0.2) is 16.8 Å². The maximum atomic E-state index is 11.6. The quantitative estimate of drug-likeness (QED) is 0.632. The van der Waals surface area contributed by atoms with Crippen LogP contribution in [0.2, 0.25) is 0 Å². The summed E-state index contributed by atoms with van der Waals surface area (Å²) in [5.41, 5.74) is 1.42. The summed E-state index contributed by atoms with van der Waals surface area (Å²) < 4.78 is 0. The summed E-state index contributed by atoms with van der Waals surface area (Å²) in [6.45, 7) is 3.95.